The maximum atomic E-state index is 12.6. The lowest BCUT2D eigenvalue weighted by Gasteiger charge is -2.38. The van der Waals surface area contributed by atoms with Gasteiger partial charge < -0.3 is 10.6 Å². The van der Waals surface area contributed by atoms with Crippen molar-refractivity contribution in [3.63, 3.8) is 0 Å². The number of thioether (sulfide) groups is 1. The second-order valence-corrected chi connectivity index (χ2v) is 8.49. The number of hydrogen-bond acceptors (Lipinski definition) is 5. The fourth-order valence-corrected chi connectivity index (χ4v) is 4.60. The van der Waals surface area contributed by atoms with Gasteiger partial charge in [-0.25, -0.2) is 4.39 Å². The van der Waals surface area contributed by atoms with Crippen molar-refractivity contribution in [1.82, 2.24) is 20.4 Å². The van der Waals surface area contributed by atoms with Crippen molar-refractivity contribution in [2.75, 3.05) is 43.8 Å². The number of nitrogens with zero attached hydrogens (tertiary/aromatic N) is 2. The third kappa shape index (κ3) is 9.52. The molecule has 1 aliphatic carbocycles. The summed E-state index contributed by atoms with van der Waals surface area (Å²) in [4.78, 5) is 26.9. The summed E-state index contributed by atoms with van der Waals surface area (Å²) in [5.74, 6) is 2.04. The van der Waals surface area contributed by atoms with Crippen LogP contribution in [0.15, 0.2) is 31.5 Å². The molecule has 180 valence electrons. The van der Waals surface area contributed by atoms with Crippen LogP contribution < -0.4 is 10.6 Å². The van der Waals surface area contributed by atoms with Crippen molar-refractivity contribution in [2.45, 2.75) is 44.2 Å². The van der Waals surface area contributed by atoms with Gasteiger partial charge in [-0.3, -0.25) is 24.0 Å². The molecule has 2 heterocycles. The Morgan fingerprint density at radius 1 is 1.22 bits per heavy atom. The molecule has 0 spiro atoms. The molecule has 2 amide bonds. The molecular weight excluding hydrogens is 436 g/mol. The second kappa shape index (κ2) is 16.4. The smallest absolute Gasteiger partial charge is 0.271 e. The van der Waals surface area contributed by atoms with E-state index in [9.17, 15) is 18.4 Å². The minimum Gasteiger partial charge on any atom is -0.348 e. The molecule has 1 aromatic rings. The molecular formula is C22H35F2N5O2S. The van der Waals surface area contributed by atoms with E-state index in [4.69, 9.17) is 0 Å². The van der Waals surface area contributed by atoms with E-state index in [1.165, 1.54) is 42.9 Å². The van der Waals surface area contributed by atoms with Crippen LogP contribution in [0.2, 0.25) is 0 Å². The molecule has 1 aromatic heterocycles. The first-order valence-corrected chi connectivity index (χ1v) is 11.9. The quantitative estimate of drug-likeness (QED) is 0.527. The summed E-state index contributed by atoms with van der Waals surface area (Å²) >= 11 is 2.04. The van der Waals surface area contributed by atoms with Gasteiger partial charge in [0, 0.05) is 43.1 Å². The standard InChI is InChI=1S/C18H27N5O2S.C3H5F.CH3F/c1-2-3-16(24)21-15-12-19-22-17(15)18(25)20-13-4-6-14(7-5-13)23-8-10-26-11-9-23;1-2-3-4;1-2/h2,12-14H,1,3-11H2,(H,19,22)(H,20,25)(H,21,24);2H,1,3H2;1H3. The molecule has 10 heteroatoms. The average molecular weight is 472 g/mol. The Kier molecular flexibility index (Phi) is 14.3. The summed E-state index contributed by atoms with van der Waals surface area (Å²) in [6.45, 7) is 8.60. The molecule has 1 saturated carbocycles. The first-order chi connectivity index (χ1) is 15.6. The number of hydrogen-bond donors (Lipinski definition) is 3. The maximum Gasteiger partial charge on any atom is 0.271 e. The van der Waals surface area contributed by atoms with Gasteiger partial charge in [-0.05, 0) is 25.7 Å². The zero-order valence-electron chi connectivity index (χ0n) is 18.7. The number of H-pyrrole nitrogens is 1. The van der Waals surface area contributed by atoms with Crippen molar-refractivity contribution < 1.29 is 18.4 Å². The summed E-state index contributed by atoms with van der Waals surface area (Å²) in [7, 11) is 0.500. The molecule has 2 aliphatic rings. The van der Waals surface area contributed by atoms with Gasteiger partial charge in [0.2, 0.25) is 5.91 Å². The number of aromatic nitrogens is 2. The molecule has 3 rings (SSSR count). The Morgan fingerprint density at radius 2 is 1.84 bits per heavy atom. The van der Waals surface area contributed by atoms with Crippen LogP contribution in [0.4, 0.5) is 14.5 Å². The molecule has 0 radical (unpaired) electrons. The highest BCUT2D eigenvalue weighted by atomic mass is 32.2. The van der Waals surface area contributed by atoms with Crippen LogP contribution in [0.1, 0.15) is 42.6 Å². The number of carbonyl (C=O) groups excluding carboxylic acids is 2. The molecule has 1 saturated heterocycles. The molecule has 7 nitrogen and oxygen atoms in total. The van der Waals surface area contributed by atoms with Crippen molar-refractivity contribution in [2.24, 2.45) is 0 Å². The van der Waals surface area contributed by atoms with Crippen LogP contribution in [0.25, 0.3) is 0 Å². The van der Waals surface area contributed by atoms with Crippen molar-refractivity contribution in [1.29, 1.82) is 0 Å². The normalized spacial score (nSPS) is 20.5. The average Bonchev–Trinajstić information content (AvgIpc) is 3.30. The van der Waals surface area contributed by atoms with Gasteiger partial charge in [0.15, 0.2) is 0 Å². The molecule has 0 aromatic carbocycles. The van der Waals surface area contributed by atoms with E-state index in [0.29, 0.717) is 24.6 Å². The lowest BCUT2D eigenvalue weighted by Crippen LogP contribution is -2.46. The van der Waals surface area contributed by atoms with Gasteiger partial charge in [-0.1, -0.05) is 12.2 Å². The lowest BCUT2D eigenvalue weighted by atomic mass is 9.90. The lowest BCUT2D eigenvalue weighted by molar-refractivity contribution is -0.115. The van der Waals surface area contributed by atoms with Crippen LogP contribution in [0.3, 0.4) is 0 Å². The first-order valence-electron chi connectivity index (χ1n) is 10.7. The SMILES string of the molecule is C=CCC(=O)Nc1cn[nH]c1C(=O)NC1CCC(N2CCSCC2)CC1.C=CCF.CF. The van der Waals surface area contributed by atoms with E-state index in [-0.39, 0.29) is 24.3 Å². The summed E-state index contributed by atoms with van der Waals surface area (Å²) in [5, 5.41) is 12.3. The topological polar surface area (TPSA) is 90.1 Å². The largest absolute Gasteiger partial charge is 0.348 e. The molecule has 3 N–H and O–H groups in total. The van der Waals surface area contributed by atoms with Crippen LogP contribution in [-0.4, -0.2) is 77.4 Å². The third-order valence-corrected chi connectivity index (χ3v) is 6.12. The number of amides is 2. The summed E-state index contributed by atoms with van der Waals surface area (Å²) in [5.41, 5.74) is 0.714. The fourth-order valence-electron chi connectivity index (χ4n) is 3.67. The highest BCUT2D eigenvalue weighted by molar-refractivity contribution is 7.99. The Labute approximate surface area is 193 Å². The molecule has 0 bridgehead atoms. The highest BCUT2D eigenvalue weighted by Crippen LogP contribution is 2.26. The molecule has 1 aliphatic heterocycles. The zero-order chi connectivity index (χ0) is 23.8. The van der Waals surface area contributed by atoms with E-state index >= 15 is 0 Å². The predicted octanol–water partition coefficient (Wildman–Crippen LogP) is 3.74. The number of nitrogens with one attached hydrogen (secondary N) is 3. The summed E-state index contributed by atoms with van der Waals surface area (Å²) < 4.78 is 20.1. The van der Waals surface area contributed by atoms with Crippen LogP contribution in [0.5, 0.6) is 0 Å². The summed E-state index contributed by atoms with van der Waals surface area (Å²) in [6.07, 6.45) is 8.63. The Bertz CT molecular complexity index is 702. The Balaban J connectivity index is 0.000000769. The van der Waals surface area contributed by atoms with Gasteiger partial charge in [0.1, 0.15) is 12.4 Å². The van der Waals surface area contributed by atoms with Gasteiger partial charge in [0.05, 0.1) is 19.1 Å². The zero-order valence-corrected chi connectivity index (χ0v) is 19.6. The van der Waals surface area contributed by atoms with E-state index < -0.39 is 6.67 Å². The van der Waals surface area contributed by atoms with E-state index in [1.54, 1.807) is 0 Å². The molecule has 0 unspecified atom stereocenters. The van der Waals surface area contributed by atoms with E-state index in [1.807, 2.05) is 11.8 Å². The van der Waals surface area contributed by atoms with Crippen LogP contribution in [-0.2, 0) is 4.79 Å². The maximum absolute atomic E-state index is 12.6. The number of carbonyl (C=O) groups is 2. The second-order valence-electron chi connectivity index (χ2n) is 7.27. The Hall–Kier alpha value is -2.20. The predicted molar refractivity (Wildman–Crippen MR) is 128 cm³/mol. The number of anilines is 1. The van der Waals surface area contributed by atoms with Gasteiger partial charge >= 0.3 is 0 Å². The first kappa shape index (κ1) is 27.8. The van der Waals surface area contributed by atoms with Crippen LogP contribution in [0, 0.1) is 0 Å². The van der Waals surface area contributed by atoms with Gasteiger partial charge in [-0.2, -0.15) is 16.9 Å². The van der Waals surface area contributed by atoms with Crippen molar-refractivity contribution in [3.8, 4) is 0 Å². The third-order valence-electron chi connectivity index (χ3n) is 5.17. The van der Waals surface area contributed by atoms with E-state index in [2.05, 4.69) is 38.9 Å². The monoisotopic (exact) mass is 471 g/mol. The molecule has 0 atom stereocenters. The molecule has 2 fully saturated rings. The minimum absolute atomic E-state index is 0.179. The molecule has 32 heavy (non-hydrogen) atoms. The number of aromatic amines is 1. The highest BCUT2D eigenvalue weighted by Gasteiger charge is 2.28. The van der Waals surface area contributed by atoms with Gasteiger partial charge in [0.25, 0.3) is 5.91 Å². The number of rotatable bonds is 7. The number of alkyl halides is 2. The number of allylic oxidation sites excluding steroid dienone is 1. The van der Waals surface area contributed by atoms with E-state index in [0.717, 1.165) is 25.7 Å². The summed E-state index contributed by atoms with van der Waals surface area (Å²) in [6, 6.07) is 0.836. The van der Waals surface area contributed by atoms with Crippen molar-refractivity contribution >= 4 is 29.3 Å². The minimum atomic E-state index is -0.417. The fraction of sp³-hybridized carbons (Fsp3) is 0.591. The Morgan fingerprint density at radius 3 is 2.41 bits per heavy atom. The van der Waals surface area contributed by atoms with Crippen LogP contribution >= 0.6 is 11.8 Å². The van der Waals surface area contributed by atoms with Gasteiger partial charge in [-0.15, -0.1) is 13.2 Å². The van der Waals surface area contributed by atoms with Crippen molar-refractivity contribution in [3.05, 3.63) is 37.2 Å². The number of halogens is 2.